The Morgan fingerprint density at radius 3 is 2.75 bits per heavy atom. The second-order valence-corrected chi connectivity index (χ2v) is 3.63. The van der Waals surface area contributed by atoms with Gasteiger partial charge in [-0.2, -0.15) is 4.57 Å². The van der Waals surface area contributed by atoms with Crippen LogP contribution >= 0.6 is 0 Å². The van der Waals surface area contributed by atoms with Crippen molar-refractivity contribution in [2.24, 2.45) is 0 Å². The first-order chi connectivity index (χ1) is 7.77. The maximum atomic E-state index is 11.4. The molecular weight excluding hydrogens is 200 g/mol. The first-order valence-electron chi connectivity index (χ1n) is 5.15. The van der Waals surface area contributed by atoms with Gasteiger partial charge >= 0.3 is 0 Å². The maximum Gasteiger partial charge on any atom is 0.267 e. The van der Waals surface area contributed by atoms with Crippen molar-refractivity contribution in [2.75, 3.05) is 0 Å². The van der Waals surface area contributed by atoms with Gasteiger partial charge in [0.15, 0.2) is 12.7 Å². The largest absolute Gasteiger partial charge is 0.288 e. The van der Waals surface area contributed by atoms with Crippen molar-refractivity contribution in [3.63, 3.8) is 0 Å². The number of nitrogens with zero attached hydrogens (tertiary/aromatic N) is 2. The molecule has 80 valence electrons. The smallest absolute Gasteiger partial charge is 0.267 e. The molecule has 3 nitrogen and oxygen atoms in total. The molecule has 16 heavy (non-hydrogen) atoms. The Balaban J connectivity index is 2.31. The lowest BCUT2D eigenvalue weighted by atomic mass is 10.2. The Hall–Kier alpha value is -2.03. The van der Waals surface area contributed by atoms with Crippen LogP contribution in [0.5, 0.6) is 0 Å². The quantitative estimate of drug-likeness (QED) is 0.573. The van der Waals surface area contributed by atoms with E-state index in [-0.39, 0.29) is 5.78 Å². The number of Topliss-reactive ketones (excluding diaryl/α,β-unsaturated/α-hetero) is 1. The van der Waals surface area contributed by atoms with Crippen molar-refractivity contribution in [1.29, 1.82) is 0 Å². The van der Waals surface area contributed by atoms with Crippen molar-refractivity contribution < 1.29 is 9.36 Å². The molecule has 3 heteroatoms. The molecule has 0 saturated carbocycles. The van der Waals surface area contributed by atoms with Crippen molar-refractivity contribution in [2.45, 2.75) is 13.5 Å². The molecule has 1 aromatic heterocycles. The van der Waals surface area contributed by atoms with E-state index in [1.165, 1.54) is 5.56 Å². The Morgan fingerprint density at radius 2 is 2.06 bits per heavy atom. The van der Waals surface area contributed by atoms with Crippen LogP contribution in [0, 0.1) is 0 Å². The highest BCUT2D eigenvalue weighted by molar-refractivity contribution is 5.90. The van der Waals surface area contributed by atoms with E-state index in [4.69, 9.17) is 0 Å². The third-order valence-electron chi connectivity index (χ3n) is 2.40. The summed E-state index contributed by atoms with van der Waals surface area (Å²) >= 11 is 0. The van der Waals surface area contributed by atoms with Gasteiger partial charge in [0.25, 0.3) is 5.69 Å². The molecule has 0 fully saturated rings. The monoisotopic (exact) mass is 213 g/mol. The van der Waals surface area contributed by atoms with Gasteiger partial charge in [-0.05, 0) is 0 Å². The van der Waals surface area contributed by atoms with Crippen LogP contribution in [0.3, 0.4) is 0 Å². The predicted molar refractivity (Wildman–Crippen MR) is 60.0 cm³/mol. The molecule has 2 rings (SSSR count). The molecule has 0 bridgehead atoms. The summed E-state index contributed by atoms with van der Waals surface area (Å²) in [5, 5.41) is 0. The second-order valence-electron chi connectivity index (χ2n) is 3.63. The minimum absolute atomic E-state index is 0.0315. The van der Waals surface area contributed by atoms with E-state index in [1.54, 1.807) is 19.3 Å². The summed E-state index contributed by atoms with van der Waals surface area (Å²) in [6.45, 7) is 2.25. The number of ketones is 1. The fraction of sp³-hybridized carbons (Fsp3) is 0.154. The van der Waals surface area contributed by atoms with E-state index in [9.17, 15) is 4.79 Å². The standard InChI is InChI=1S/C13H13N2O/c1-11(16)13-9-14-7-8-15(13)10-12-5-3-2-4-6-12/h2-9H,10H2,1H3/q+1. The van der Waals surface area contributed by atoms with E-state index in [0.29, 0.717) is 12.2 Å². The van der Waals surface area contributed by atoms with Gasteiger partial charge in [-0.3, -0.25) is 9.78 Å². The number of aromatic nitrogens is 2. The van der Waals surface area contributed by atoms with Crippen LogP contribution < -0.4 is 4.57 Å². The van der Waals surface area contributed by atoms with Crippen molar-refractivity contribution in [3.05, 3.63) is 60.2 Å². The average molecular weight is 213 g/mol. The fourth-order valence-corrected chi connectivity index (χ4v) is 1.60. The molecule has 0 radical (unpaired) electrons. The third kappa shape index (κ3) is 2.31. The minimum Gasteiger partial charge on any atom is -0.288 e. The number of hydrogen-bond acceptors (Lipinski definition) is 2. The van der Waals surface area contributed by atoms with Gasteiger partial charge in [0.2, 0.25) is 5.78 Å². The molecule has 0 amide bonds. The summed E-state index contributed by atoms with van der Waals surface area (Å²) in [5.74, 6) is 0.0315. The zero-order valence-electron chi connectivity index (χ0n) is 9.13. The van der Waals surface area contributed by atoms with Crippen LogP contribution in [0.25, 0.3) is 0 Å². The molecule has 0 spiro atoms. The van der Waals surface area contributed by atoms with Crippen molar-refractivity contribution in [1.82, 2.24) is 4.98 Å². The topological polar surface area (TPSA) is 33.8 Å². The molecule has 0 saturated heterocycles. The highest BCUT2D eigenvalue weighted by atomic mass is 16.1. The van der Waals surface area contributed by atoms with E-state index >= 15 is 0 Å². The molecular formula is C13H13N2O+. The molecule has 0 aliphatic heterocycles. The molecule has 2 aromatic rings. The number of carbonyl (C=O) groups excluding carboxylic acids is 1. The Bertz CT molecular complexity index is 494. The molecule has 1 heterocycles. The van der Waals surface area contributed by atoms with E-state index in [1.807, 2.05) is 41.1 Å². The zero-order chi connectivity index (χ0) is 11.4. The van der Waals surface area contributed by atoms with Crippen LogP contribution in [0.15, 0.2) is 48.9 Å². The summed E-state index contributed by atoms with van der Waals surface area (Å²) in [7, 11) is 0. The lowest BCUT2D eigenvalue weighted by Crippen LogP contribution is -2.40. The first kappa shape index (κ1) is 10.5. The third-order valence-corrected chi connectivity index (χ3v) is 2.40. The van der Waals surface area contributed by atoms with Crippen molar-refractivity contribution in [3.8, 4) is 0 Å². The SMILES string of the molecule is CC(=O)c1cncc[n+]1Cc1ccccc1. The van der Waals surface area contributed by atoms with Crippen LogP contribution in [0.1, 0.15) is 23.0 Å². The summed E-state index contributed by atoms with van der Waals surface area (Å²) in [5.41, 5.74) is 1.80. The number of rotatable bonds is 3. The van der Waals surface area contributed by atoms with E-state index in [2.05, 4.69) is 4.98 Å². The molecule has 0 N–H and O–H groups in total. The molecule has 0 aliphatic rings. The second kappa shape index (κ2) is 4.66. The Morgan fingerprint density at radius 1 is 1.31 bits per heavy atom. The van der Waals surface area contributed by atoms with Gasteiger partial charge in [-0.15, -0.1) is 0 Å². The molecule has 0 aliphatic carbocycles. The highest BCUT2D eigenvalue weighted by Crippen LogP contribution is 1.99. The summed E-state index contributed by atoms with van der Waals surface area (Å²) in [4.78, 5) is 15.4. The lowest BCUT2D eigenvalue weighted by Gasteiger charge is -2.00. The van der Waals surface area contributed by atoms with Crippen LogP contribution in [-0.2, 0) is 6.54 Å². The number of benzene rings is 1. The van der Waals surface area contributed by atoms with Crippen molar-refractivity contribution >= 4 is 5.78 Å². The summed E-state index contributed by atoms with van der Waals surface area (Å²) in [6, 6.07) is 10.0. The predicted octanol–water partition coefficient (Wildman–Crippen LogP) is 1.62. The molecule has 1 aromatic carbocycles. The highest BCUT2D eigenvalue weighted by Gasteiger charge is 2.14. The maximum absolute atomic E-state index is 11.4. The van der Waals surface area contributed by atoms with Gasteiger partial charge in [0.1, 0.15) is 6.20 Å². The average Bonchev–Trinajstić information content (AvgIpc) is 2.31. The fourth-order valence-electron chi connectivity index (χ4n) is 1.60. The van der Waals surface area contributed by atoms with Gasteiger partial charge in [0.05, 0.1) is 6.20 Å². The Labute approximate surface area is 94.4 Å². The lowest BCUT2D eigenvalue weighted by molar-refractivity contribution is -0.690. The molecule has 0 atom stereocenters. The number of hydrogen-bond donors (Lipinski definition) is 0. The summed E-state index contributed by atoms with van der Waals surface area (Å²) < 4.78 is 1.91. The van der Waals surface area contributed by atoms with Gasteiger partial charge in [0, 0.05) is 12.5 Å². The minimum atomic E-state index is 0.0315. The number of carbonyl (C=O) groups is 1. The van der Waals surface area contributed by atoms with Gasteiger partial charge in [-0.1, -0.05) is 30.3 Å². The van der Waals surface area contributed by atoms with Crippen LogP contribution in [0.4, 0.5) is 0 Å². The van der Waals surface area contributed by atoms with E-state index < -0.39 is 0 Å². The van der Waals surface area contributed by atoms with Crippen LogP contribution in [-0.4, -0.2) is 10.8 Å². The molecule has 0 unspecified atom stereocenters. The van der Waals surface area contributed by atoms with E-state index in [0.717, 1.165) is 0 Å². The van der Waals surface area contributed by atoms with Gasteiger partial charge < -0.3 is 0 Å². The van der Waals surface area contributed by atoms with Crippen LogP contribution in [0.2, 0.25) is 0 Å². The first-order valence-corrected chi connectivity index (χ1v) is 5.15. The normalized spacial score (nSPS) is 10.1. The Kier molecular flexibility index (Phi) is 3.05. The zero-order valence-corrected chi connectivity index (χ0v) is 9.13. The van der Waals surface area contributed by atoms with Gasteiger partial charge in [-0.25, -0.2) is 0 Å². The summed E-state index contributed by atoms with van der Waals surface area (Å²) in [6.07, 6.45) is 5.12.